The maximum atomic E-state index is 12.1. The number of carboxylic acid groups (broad SMARTS) is 1. The third kappa shape index (κ3) is 4.27. The monoisotopic (exact) mass is 394 g/mol. The van der Waals surface area contributed by atoms with E-state index < -0.39 is 17.6 Å². The third-order valence-electron chi connectivity index (χ3n) is 2.83. The molecule has 0 saturated heterocycles. The van der Waals surface area contributed by atoms with Gasteiger partial charge in [0.2, 0.25) is 0 Å². The fourth-order valence-corrected chi connectivity index (χ4v) is 2.44. The molecule has 23 heavy (non-hydrogen) atoms. The minimum Gasteiger partial charge on any atom is -0.507 e. The number of carboxylic acids is 1. The topological polar surface area (TPSA) is 98.7 Å². The van der Waals surface area contributed by atoms with Crippen molar-refractivity contribution in [2.75, 3.05) is 5.32 Å². The van der Waals surface area contributed by atoms with E-state index in [0.29, 0.717) is 15.7 Å². The minimum absolute atomic E-state index is 0.0215. The van der Waals surface area contributed by atoms with Crippen LogP contribution in [0.2, 0.25) is 0 Å². The molecule has 0 bridgehead atoms. The molecule has 0 radical (unpaired) electrons. The average Bonchev–Trinajstić information content (AvgIpc) is 2.47. The number of phenols is 1. The van der Waals surface area contributed by atoms with Gasteiger partial charge in [0.15, 0.2) is 5.11 Å². The summed E-state index contributed by atoms with van der Waals surface area (Å²) in [5, 5.41) is 23.7. The number of rotatable bonds is 3. The van der Waals surface area contributed by atoms with Crippen molar-refractivity contribution in [3.8, 4) is 5.75 Å². The Morgan fingerprint density at radius 2 is 1.78 bits per heavy atom. The van der Waals surface area contributed by atoms with Crippen LogP contribution in [0.15, 0.2) is 46.9 Å². The van der Waals surface area contributed by atoms with Gasteiger partial charge >= 0.3 is 5.97 Å². The molecule has 2 rings (SSSR count). The summed E-state index contributed by atoms with van der Waals surface area (Å²) in [5.41, 5.74) is 0.546. The molecule has 2 aromatic carbocycles. The van der Waals surface area contributed by atoms with E-state index in [1.165, 1.54) is 18.2 Å². The average molecular weight is 395 g/mol. The van der Waals surface area contributed by atoms with E-state index in [1.54, 1.807) is 24.3 Å². The van der Waals surface area contributed by atoms with Crippen LogP contribution in [0, 0.1) is 0 Å². The fourth-order valence-electron chi connectivity index (χ4n) is 1.77. The smallest absolute Gasteiger partial charge is 0.339 e. The molecule has 0 saturated carbocycles. The maximum absolute atomic E-state index is 12.1. The predicted octanol–water partition coefficient (Wildman–Crippen LogP) is 2.98. The second-order valence-corrected chi connectivity index (χ2v) is 5.69. The summed E-state index contributed by atoms with van der Waals surface area (Å²) >= 11 is 8.30. The molecule has 4 N–H and O–H groups in total. The number of aromatic hydroxyl groups is 1. The largest absolute Gasteiger partial charge is 0.507 e. The number of carbonyl (C=O) groups is 2. The van der Waals surface area contributed by atoms with E-state index in [9.17, 15) is 14.7 Å². The van der Waals surface area contributed by atoms with Gasteiger partial charge in [-0.15, -0.1) is 0 Å². The number of amides is 1. The summed E-state index contributed by atoms with van der Waals surface area (Å²) in [7, 11) is 0. The van der Waals surface area contributed by atoms with Gasteiger partial charge in [0.25, 0.3) is 5.91 Å². The van der Waals surface area contributed by atoms with Gasteiger partial charge in [-0.2, -0.15) is 0 Å². The Morgan fingerprint density at radius 3 is 2.39 bits per heavy atom. The molecule has 2 aromatic rings. The van der Waals surface area contributed by atoms with Crippen LogP contribution in [0.3, 0.4) is 0 Å². The zero-order valence-electron chi connectivity index (χ0n) is 11.5. The number of halogens is 1. The number of aromatic carboxylic acids is 1. The quantitative estimate of drug-likeness (QED) is 0.597. The highest BCUT2D eigenvalue weighted by Crippen LogP contribution is 2.22. The zero-order chi connectivity index (χ0) is 17.0. The van der Waals surface area contributed by atoms with Crippen molar-refractivity contribution in [2.24, 2.45) is 0 Å². The van der Waals surface area contributed by atoms with Gasteiger partial charge in [-0.25, -0.2) is 4.79 Å². The van der Waals surface area contributed by atoms with Gasteiger partial charge < -0.3 is 15.5 Å². The molecule has 0 spiro atoms. The van der Waals surface area contributed by atoms with Crippen molar-refractivity contribution in [2.45, 2.75) is 0 Å². The molecule has 118 valence electrons. The van der Waals surface area contributed by atoms with Gasteiger partial charge in [0.05, 0.1) is 5.56 Å². The van der Waals surface area contributed by atoms with Crippen molar-refractivity contribution < 1.29 is 19.8 Å². The lowest BCUT2D eigenvalue weighted by Crippen LogP contribution is -2.34. The van der Waals surface area contributed by atoms with Crippen LogP contribution < -0.4 is 10.6 Å². The minimum atomic E-state index is -1.24. The highest BCUT2D eigenvalue weighted by Gasteiger charge is 2.13. The molecule has 1 amide bonds. The summed E-state index contributed by atoms with van der Waals surface area (Å²) in [4.78, 5) is 22.9. The summed E-state index contributed by atoms with van der Waals surface area (Å²) in [5.74, 6) is -2.04. The van der Waals surface area contributed by atoms with Crippen molar-refractivity contribution in [1.29, 1.82) is 0 Å². The van der Waals surface area contributed by atoms with Gasteiger partial charge in [-0.05, 0) is 52.4 Å². The van der Waals surface area contributed by atoms with E-state index in [2.05, 4.69) is 26.6 Å². The first-order valence-corrected chi connectivity index (χ1v) is 7.52. The predicted molar refractivity (Wildman–Crippen MR) is 92.9 cm³/mol. The van der Waals surface area contributed by atoms with Crippen LogP contribution in [0.25, 0.3) is 0 Å². The number of nitrogens with one attached hydrogen (secondary N) is 2. The standard InChI is InChI=1S/C15H11BrN2O4S/c16-11-4-2-1-3-9(11)13(20)18-15(23)17-8-5-6-10(14(21)22)12(19)7-8/h1-7,19H,(H,21,22)(H2,17,18,20,23). The summed E-state index contributed by atoms with van der Waals surface area (Å²) < 4.78 is 0.628. The van der Waals surface area contributed by atoms with Crippen LogP contribution in [0.5, 0.6) is 5.75 Å². The second kappa shape index (κ2) is 7.21. The summed E-state index contributed by atoms with van der Waals surface area (Å²) in [6.07, 6.45) is 0. The summed E-state index contributed by atoms with van der Waals surface area (Å²) in [6, 6.07) is 10.7. The van der Waals surface area contributed by atoms with Crippen LogP contribution in [-0.2, 0) is 0 Å². The Kier molecular flexibility index (Phi) is 5.30. The lowest BCUT2D eigenvalue weighted by atomic mass is 10.2. The number of hydrogen-bond acceptors (Lipinski definition) is 4. The Balaban J connectivity index is 2.05. The normalized spacial score (nSPS) is 9.96. The number of anilines is 1. The van der Waals surface area contributed by atoms with Crippen molar-refractivity contribution >= 4 is 50.8 Å². The van der Waals surface area contributed by atoms with Crippen LogP contribution >= 0.6 is 28.1 Å². The van der Waals surface area contributed by atoms with E-state index in [1.807, 2.05) is 0 Å². The molecule has 0 aliphatic carbocycles. The molecular weight excluding hydrogens is 384 g/mol. The number of thiocarbonyl (C=S) groups is 1. The van der Waals surface area contributed by atoms with Crippen molar-refractivity contribution in [1.82, 2.24) is 5.32 Å². The SMILES string of the molecule is O=C(O)c1ccc(NC(=S)NC(=O)c2ccccc2Br)cc1O. The lowest BCUT2D eigenvalue weighted by Gasteiger charge is -2.11. The lowest BCUT2D eigenvalue weighted by molar-refractivity contribution is 0.0693. The van der Waals surface area contributed by atoms with E-state index in [-0.39, 0.29) is 10.7 Å². The molecule has 0 aliphatic heterocycles. The second-order valence-electron chi connectivity index (χ2n) is 4.43. The van der Waals surface area contributed by atoms with Gasteiger partial charge in [0.1, 0.15) is 11.3 Å². The molecular formula is C15H11BrN2O4S. The summed E-state index contributed by atoms with van der Waals surface area (Å²) in [6.45, 7) is 0. The van der Waals surface area contributed by atoms with Gasteiger partial charge in [-0.1, -0.05) is 12.1 Å². The number of hydrogen-bond donors (Lipinski definition) is 4. The van der Waals surface area contributed by atoms with Gasteiger partial charge in [-0.3, -0.25) is 10.1 Å². The first-order valence-electron chi connectivity index (χ1n) is 6.31. The molecule has 0 atom stereocenters. The Bertz CT molecular complexity index is 795. The Morgan fingerprint density at radius 1 is 1.09 bits per heavy atom. The molecule has 8 heteroatoms. The van der Waals surface area contributed by atoms with E-state index in [4.69, 9.17) is 17.3 Å². The molecule has 0 aliphatic rings. The fraction of sp³-hybridized carbons (Fsp3) is 0. The van der Waals surface area contributed by atoms with Crippen LogP contribution in [-0.4, -0.2) is 27.2 Å². The number of carbonyl (C=O) groups excluding carboxylic acids is 1. The molecule has 0 fully saturated rings. The third-order valence-corrected chi connectivity index (χ3v) is 3.73. The first-order chi connectivity index (χ1) is 10.9. The van der Waals surface area contributed by atoms with E-state index in [0.717, 1.165) is 0 Å². The van der Waals surface area contributed by atoms with E-state index >= 15 is 0 Å². The molecule has 0 heterocycles. The Hall–Kier alpha value is -2.45. The highest BCUT2D eigenvalue weighted by molar-refractivity contribution is 9.10. The first kappa shape index (κ1) is 16.9. The Labute approximate surface area is 145 Å². The zero-order valence-corrected chi connectivity index (χ0v) is 13.9. The molecule has 0 unspecified atom stereocenters. The maximum Gasteiger partial charge on any atom is 0.339 e. The van der Waals surface area contributed by atoms with Crippen molar-refractivity contribution in [3.63, 3.8) is 0 Å². The number of benzene rings is 2. The molecule has 6 nitrogen and oxygen atoms in total. The highest BCUT2D eigenvalue weighted by atomic mass is 79.9. The van der Waals surface area contributed by atoms with Crippen LogP contribution in [0.1, 0.15) is 20.7 Å². The van der Waals surface area contributed by atoms with Crippen LogP contribution in [0.4, 0.5) is 5.69 Å². The molecule has 0 aromatic heterocycles. The van der Waals surface area contributed by atoms with Crippen molar-refractivity contribution in [3.05, 3.63) is 58.1 Å². The van der Waals surface area contributed by atoms with Gasteiger partial charge in [0, 0.05) is 16.2 Å².